The van der Waals surface area contributed by atoms with Crippen molar-refractivity contribution >= 4 is 11.6 Å². The summed E-state index contributed by atoms with van der Waals surface area (Å²) in [6.07, 6.45) is -2.78. The molecule has 1 aliphatic heterocycles. The number of amides is 1. The minimum absolute atomic E-state index is 0.186. The first-order valence-corrected chi connectivity index (χ1v) is 9.07. The fourth-order valence-electron chi connectivity index (χ4n) is 3.38. The third-order valence-corrected chi connectivity index (χ3v) is 4.86. The van der Waals surface area contributed by atoms with Gasteiger partial charge in [0.1, 0.15) is 0 Å². The van der Waals surface area contributed by atoms with Gasteiger partial charge in [0.2, 0.25) is 5.91 Å². The first-order chi connectivity index (χ1) is 12.8. The van der Waals surface area contributed by atoms with Crippen LogP contribution in [0.1, 0.15) is 29.5 Å². The van der Waals surface area contributed by atoms with E-state index in [0.29, 0.717) is 6.54 Å². The van der Waals surface area contributed by atoms with Crippen molar-refractivity contribution in [2.45, 2.75) is 32.5 Å². The van der Waals surface area contributed by atoms with Crippen molar-refractivity contribution in [2.24, 2.45) is 5.92 Å². The number of hydrogen-bond acceptors (Lipinski definition) is 2. The van der Waals surface area contributed by atoms with Gasteiger partial charge in [-0.2, -0.15) is 13.2 Å². The number of rotatable bonds is 4. The molecule has 0 radical (unpaired) electrons. The topological polar surface area (TPSA) is 32.3 Å². The quantitative estimate of drug-likeness (QED) is 0.826. The van der Waals surface area contributed by atoms with Crippen LogP contribution in [0.4, 0.5) is 18.9 Å². The lowest BCUT2D eigenvalue weighted by atomic mass is 9.96. The van der Waals surface area contributed by atoms with Gasteiger partial charge in [-0.1, -0.05) is 35.9 Å². The molecular formula is C21H23F3N2O. The minimum atomic E-state index is -4.42. The average molecular weight is 376 g/mol. The van der Waals surface area contributed by atoms with Crippen LogP contribution in [0, 0.1) is 12.8 Å². The van der Waals surface area contributed by atoms with Crippen LogP contribution in [0.2, 0.25) is 0 Å². The van der Waals surface area contributed by atoms with Crippen LogP contribution >= 0.6 is 0 Å². The Morgan fingerprint density at radius 1 is 1.19 bits per heavy atom. The lowest BCUT2D eigenvalue weighted by Crippen LogP contribution is -2.40. The molecule has 1 aliphatic rings. The van der Waals surface area contributed by atoms with Gasteiger partial charge in [-0.3, -0.25) is 9.69 Å². The molecule has 1 saturated heterocycles. The molecular weight excluding hydrogens is 353 g/mol. The molecule has 1 N–H and O–H groups in total. The molecule has 6 heteroatoms. The number of carbonyl (C=O) groups is 1. The predicted molar refractivity (Wildman–Crippen MR) is 99.3 cm³/mol. The van der Waals surface area contributed by atoms with Gasteiger partial charge in [0.05, 0.1) is 11.5 Å². The molecule has 1 amide bonds. The zero-order chi connectivity index (χ0) is 19.4. The molecule has 1 unspecified atom stereocenters. The Balaban J connectivity index is 1.60. The first kappa shape index (κ1) is 19.4. The second-order valence-electron chi connectivity index (χ2n) is 7.13. The summed E-state index contributed by atoms with van der Waals surface area (Å²) in [6.45, 7) is 4.34. The minimum Gasteiger partial charge on any atom is -0.326 e. The van der Waals surface area contributed by atoms with Crippen LogP contribution in [-0.4, -0.2) is 23.9 Å². The molecule has 0 spiro atoms. The van der Waals surface area contributed by atoms with Gasteiger partial charge in [-0.25, -0.2) is 0 Å². The highest BCUT2D eigenvalue weighted by molar-refractivity contribution is 5.92. The smallest absolute Gasteiger partial charge is 0.326 e. The summed E-state index contributed by atoms with van der Waals surface area (Å²) in [6, 6.07) is 13.1. The van der Waals surface area contributed by atoms with Gasteiger partial charge in [-0.15, -0.1) is 0 Å². The summed E-state index contributed by atoms with van der Waals surface area (Å²) in [4.78, 5) is 14.8. The average Bonchev–Trinajstić information content (AvgIpc) is 2.63. The highest BCUT2D eigenvalue weighted by Crippen LogP contribution is 2.31. The summed E-state index contributed by atoms with van der Waals surface area (Å²) in [7, 11) is 0. The molecule has 0 aliphatic carbocycles. The molecule has 144 valence electrons. The Morgan fingerprint density at radius 3 is 2.63 bits per heavy atom. The summed E-state index contributed by atoms with van der Waals surface area (Å²) in [5.41, 5.74) is 1.82. The monoisotopic (exact) mass is 376 g/mol. The van der Waals surface area contributed by atoms with Gasteiger partial charge >= 0.3 is 6.18 Å². The van der Waals surface area contributed by atoms with E-state index in [2.05, 4.69) is 34.5 Å². The second kappa shape index (κ2) is 8.13. The Hall–Kier alpha value is -2.34. The maximum absolute atomic E-state index is 12.8. The number of benzene rings is 2. The lowest BCUT2D eigenvalue weighted by Gasteiger charge is -2.32. The van der Waals surface area contributed by atoms with Gasteiger partial charge < -0.3 is 5.32 Å². The number of aryl methyl sites for hydroxylation is 1. The standard InChI is InChI=1S/C21H23F3N2O/c1-15-7-9-16(10-8-15)13-26-11-3-4-17(14-26)20(27)25-19-6-2-5-18(12-19)21(22,23)24/h2,5-10,12,17H,3-4,11,13-14H2,1H3,(H,25,27). The molecule has 2 aromatic carbocycles. The number of piperidine rings is 1. The van der Waals surface area contributed by atoms with Crippen LogP contribution < -0.4 is 5.32 Å². The molecule has 0 bridgehead atoms. The van der Waals surface area contributed by atoms with Crippen molar-refractivity contribution in [3.63, 3.8) is 0 Å². The SMILES string of the molecule is Cc1ccc(CN2CCCC(C(=O)Nc3cccc(C(F)(F)F)c3)C2)cc1. The lowest BCUT2D eigenvalue weighted by molar-refractivity contribution is -0.137. The van der Waals surface area contributed by atoms with Crippen molar-refractivity contribution in [2.75, 3.05) is 18.4 Å². The summed E-state index contributed by atoms with van der Waals surface area (Å²) >= 11 is 0. The van der Waals surface area contributed by atoms with E-state index in [0.717, 1.165) is 38.1 Å². The number of nitrogens with one attached hydrogen (secondary N) is 1. The fourth-order valence-corrected chi connectivity index (χ4v) is 3.38. The van der Waals surface area contributed by atoms with Crippen molar-refractivity contribution in [1.29, 1.82) is 0 Å². The zero-order valence-electron chi connectivity index (χ0n) is 15.2. The number of halogens is 3. The van der Waals surface area contributed by atoms with Crippen molar-refractivity contribution in [3.05, 3.63) is 65.2 Å². The van der Waals surface area contributed by atoms with E-state index in [1.165, 1.54) is 23.3 Å². The van der Waals surface area contributed by atoms with E-state index in [1.54, 1.807) is 0 Å². The molecule has 1 heterocycles. The summed E-state index contributed by atoms with van der Waals surface area (Å²) in [5, 5.41) is 2.65. The number of carbonyl (C=O) groups excluding carboxylic acids is 1. The Morgan fingerprint density at radius 2 is 1.93 bits per heavy atom. The van der Waals surface area contributed by atoms with E-state index >= 15 is 0 Å². The molecule has 2 aromatic rings. The number of anilines is 1. The van der Waals surface area contributed by atoms with Gasteiger partial charge in [0, 0.05) is 18.8 Å². The van der Waals surface area contributed by atoms with Crippen molar-refractivity contribution in [1.82, 2.24) is 4.90 Å². The first-order valence-electron chi connectivity index (χ1n) is 9.07. The van der Waals surface area contributed by atoms with Crippen LogP contribution in [0.25, 0.3) is 0 Å². The largest absolute Gasteiger partial charge is 0.416 e. The van der Waals surface area contributed by atoms with E-state index < -0.39 is 11.7 Å². The highest BCUT2D eigenvalue weighted by Gasteiger charge is 2.31. The van der Waals surface area contributed by atoms with Crippen molar-refractivity contribution < 1.29 is 18.0 Å². The summed E-state index contributed by atoms with van der Waals surface area (Å²) < 4.78 is 38.5. The molecule has 3 rings (SSSR count). The summed E-state index contributed by atoms with van der Waals surface area (Å²) in [5.74, 6) is -0.443. The normalized spacial score (nSPS) is 18.3. The Labute approximate surface area is 157 Å². The maximum atomic E-state index is 12.8. The number of nitrogens with zero attached hydrogens (tertiary/aromatic N) is 1. The molecule has 27 heavy (non-hydrogen) atoms. The zero-order valence-corrected chi connectivity index (χ0v) is 15.2. The number of likely N-dealkylation sites (tertiary alicyclic amines) is 1. The van der Waals surface area contributed by atoms with E-state index in [1.807, 2.05) is 6.92 Å². The maximum Gasteiger partial charge on any atom is 0.416 e. The van der Waals surface area contributed by atoms with Crippen LogP contribution in [0.15, 0.2) is 48.5 Å². The predicted octanol–water partition coefficient (Wildman–Crippen LogP) is 4.86. The molecule has 0 aromatic heterocycles. The van der Waals surface area contributed by atoms with Crippen LogP contribution in [0.5, 0.6) is 0 Å². The molecule has 3 nitrogen and oxygen atoms in total. The third-order valence-electron chi connectivity index (χ3n) is 4.86. The van der Waals surface area contributed by atoms with Crippen LogP contribution in [0.3, 0.4) is 0 Å². The molecule has 0 saturated carbocycles. The molecule has 1 atom stereocenters. The number of hydrogen-bond donors (Lipinski definition) is 1. The third kappa shape index (κ3) is 5.32. The highest BCUT2D eigenvalue weighted by atomic mass is 19.4. The van der Waals surface area contributed by atoms with Gasteiger partial charge in [-0.05, 0) is 50.1 Å². The van der Waals surface area contributed by atoms with E-state index in [-0.39, 0.29) is 17.5 Å². The van der Waals surface area contributed by atoms with E-state index in [9.17, 15) is 18.0 Å². The van der Waals surface area contributed by atoms with Crippen LogP contribution in [-0.2, 0) is 17.5 Å². The molecule has 1 fully saturated rings. The number of alkyl halides is 3. The Kier molecular flexibility index (Phi) is 5.85. The second-order valence-corrected chi connectivity index (χ2v) is 7.13. The van der Waals surface area contributed by atoms with E-state index in [4.69, 9.17) is 0 Å². The van der Waals surface area contributed by atoms with Gasteiger partial charge in [0.25, 0.3) is 0 Å². The Bertz CT molecular complexity index is 787. The van der Waals surface area contributed by atoms with Gasteiger partial charge in [0.15, 0.2) is 0 Å². The van der Waals surface area contributed by atoms with Crippen molar-refractivity contribution in [3.8, 4) is 0 Å². The fraction of sp³-hybridized carbons (Fsp3) is 0.381.